The van der Waals surface area contributed by atoms with Gasteiger partial charge in [-0.15, -0.1) is 0 Å². The smallest absolute Gasteiger partial charge is 0.323 e. The molecule has 6 heteroatoms. The van der Waals surface area contributed by atoms with E-state index >= 15 is 0 Å². The highest BCUT2D eigenvalue weighted by Crippen LogP contribution is 2.14. The van der Waals surface area contributed by atoms with Gasteiger partial charge in [0.15, 0.2) is 0 Å². The van der Waals surface area contributed by atoms with Crippen LogP contribution in [0.3, 0.4) is 0 Å². The third kappa shape index (κ3) is 4.03. The fourth-order valence-corrected chi connectivity index (χ4v) is 1.79. The molecule has 0 bridgehead atoms. The molecule has 0 aromatic rings. The normalized spacial score (nSPS) is 20.1. The highest BCUT2D eigenvalue weighted by atomic mass is 32.1. The maximum atomic E-state index is 11.5. The number of thiocarbonyl (C=S) groups is 1. The van der Waals surface area contributed by atoms with E-state index < -0.39 is 0 Å². The molecule has 0 amide bonds. The van der Waals surface area contributed by atoms with Crippen molar-refractivity contribution >= 4 is 23.2 Å². The zero-order valence-electron chi connectivity index (χ0n) is 9.48. The topological polar surface area (TPSA) is 64.8 Å². The summed E-state index contributed by atoms with van der Waals surface area (Å²) >= 11 is 4.83. The van der Waals surface area contributed by atoms with Crippen LogP contribution in [0, 0.1) is 0 Å². The van der Waals surface area contributed by atoms with Gasteiger partial charge in [0.1, 0.15) is 6.04 Å². The van der Waals surface area contributed by atoms with Crippen molar-refractivity contribution in [1.82, 2.24) is 4.90 Å². The summed E-state index contributed by atoms with van der Waals surface area (Å²) in [7, 11) is 1.64. The number of carbonyl (C=O) groups excluding carboxylic acids is 1. The van der Waals surface area contributed by atoms with E-state index in [1.807, 2.05) is 4.90 Å². The molecule has 5 nitrogen and oxygen atoms in total. The van der Waals surface area contributed by atoms with Gasteiger partial charge < -0.3 is 15.2 Å². The van der Waals surface area contributed by atoms with Crippen LogP contribution in [0.1, 0.15) is 12.8 Å². The van der Waals surface area contributed by atoms with Crippen molar-refractivity contribution in [3.8, 4) is 0 Å². The molecule has 1 fully saturated rings. The molecule has 1 rings (SSSR count). The minimum atomic E-state index is -0.163. The fourth-order valence-electron chi connectivity index (χ4n) is 1.70. The Morgan fingerprint density at radius 1 is 1.69 bits per heavy atom. The summed E-state index contributed by atoms with van der Waals surface area (Å²) in [5.41, 5.74) is 5.46. The Bertz CT molecular complexity index is 260. The number of esters is 1. The maximum absolute atomic E-state index is 11.5. The molecule has 1 unspecified atom stereocenters. The second kappa shape index (κ2) is 6.78. The first-order chi connectivity index (χ1) is 7.65. The van der Waals surface area contributed by atoms with Gasteiger partial charge in [-0.3, -0.25) is 9.69 Å². The lowest BCUT2D eigenvalue weighted by atomic mass is 10.2. The zero-order valence-corrected chi connectivity index (χ0v) is 10.3. The first kappa shape index (κ1) is 13.3. The summed E-state index contributed by atoms with van der Waals surface area (Å²) in [5.74, 6) is -0.154. The molecule has 2 N–H and O–H groups in total. The highest BCUT2D eigenvalue weighted by Gasteiger charge is 2.31. The third-order valence-electron chi connectivity index (χ3n) is 2.58. The van der Waals surface area contributed by atoms with E-state index in [9.17, 15) is 4.79 Å². The second-order valence-electron chi connectivity index (χ2n) is 3.72. The number of cyclic esters (lactones) is 1. The molecule has 1 saturated heterocycles. The van der Waals surface area contributed by atoms with Gasteiger partial charge in [-0.05, 0) is 0 Å². The van der Waals surface area contributed by atoms with E-state index in [-0.39, 0.29) is 12.0 Å². The van der Waals surface area contributed by atoms with E-state index in [4.69, 9.17) is 27.4 Å². The molecule has 92 valence electrons. The minimum Gasteiger partial charge on any atom is -0.464 e. The molecule has 0 aromatic carbocycles. The second-order valence-corrected chi connectivity index (χ2v) is 4.24. The Balaban J connectivity index is 2.48. The van der Waals surface area contributed by atoms with Crippen LogP contribution in [-0.2, 0) is 14.3 Å². The van der Waals surface area contributed by atoms with Gasteiger partial charge in [0.2, 0.25) is 0 Å². The van der Waals surface area contributed by atoms with Crippen LogP contribution in [0.25, 0.3) is 0 Å². The monoisotopic (exact) mass is 246 g/mol. The van der Waals surface area contributed by atoms with Crippen molar-refractivity contribution in [2.75, 3.05) is 33.4 Å². The Morgan fingerprint density at radius 3 is 2.94 bits per heavy atom. The first-order valence-electron chi connectivity index (χ1n) is 5.33. The number of hydrogen-bond acceptors (Lipinski definition) is 5. The average Bonchev–Trinajstić information content (AvgIpc) is 2.65. The number of nitrogens with two attached hydrogens (primary N) is 1. The molecule has 1 atom stereocenters. The van der Waals surface area contributed by atoms with Crippen molar-refractivity contribution in [1.29, 1.82) is 0 Å². The highest BCUT2D eigenvalue weighted by molar-refractivity contribution is 7.80. The van der Waals surface area contributed by atoms with Gasteiger partial charge in [-0.2, -0.15) is 0 Å². The first-order valence-corrected chi connectivity index (χ1v) is 5.74. The number of ether oxygens (including phenoxy) is 2. The van der Waals surface area contributed by atoms with Gasteiger partial charge in [0.25, 0.3) is 0 Å². The quantitative estimate of drug-likeness (QED) is 0.501. The van der Waals surface area contributed by atoms with Crippen molar-refractivity contribution in [2.45, 2.75) is 18.9 Å². The molecular formula is C10H18N2O3S. The fraction of sp³-hybridized carbons (Fsp3) is 0.800. The van der Waals surface area contributed by atoms with Gasteiger partial charge in [-0.1, -0.05) is 12.2 Å². The Hall–Kier alpha value is -0.720. The van der Waals surface area contributed by atoms with Crippen LogP contribution in [0.15, 0.2) is 0 Å². The molecule has 0 radical (unpaired) electrons. The van der Waals surface area contributed by atoms with Crippen LogP contribution in [0.2, 0.25) is 0 Å². The third-order valence-corrected chi connectivity index (χ3v) is 2.78. The largest absolute Gasteiger partial charge is 0.464 e. The van der Waals surface area contributed by atoms with E-state index in [1.165, 1.54) is 0 Å². The number of methoxy groups -OCH3 is 1. The van der Waals surface area contributed by atoms with Gasteiger partial charge in [0, 0.05) is 33.0 Å². The molecule has 1 aliphatic heterocycles. The van der Waals surface area contributed by atoms with E-state index in [2.05, 4.69) is 0 Å². The molecule has 1 heterocycles. The number of nitrogens with zero attached hydrogens (tertiary/aromatic N) is 1. The summed E-state index contributed by atoms with van der Waals surface area (Å²) in [4.78, 5) is 13.9. The van der Waals surface area contributed by atoms with Gasteiger partial charge >= 0.3 is 5.97 Å². The number of hydrogen-bond donors (Lipinski definition) is 1. The predicted octanol–water partition coefficient (Wildman–Crippen LogP) is -0.0735. The number of rotatable bonds is 7. The van der Waals surface area contributed by atoms with Crippen LogP contribution in [0.4, 0.5) is 0 Å². The summed E-state index contributed by atoms with van der Waals surface area (Å²) < 4.78 is 9.96. The molecule has 0 aromatic heterocycles. The van der Waals surface area contributed by atoms with Crippen LogP contribution in [0.5, 0.6) is 0 Å². The van der Waals surface area contributed by atoms with Crippen LogP contribution < -0.4 is 5.73 Å². The van der Waals surface area contributed by atoms with E-state index in [0.717, 1.165) is 6.42 Å². The molecular weight excluding hydrogens is 228 g/mol. The summed E-state index contributed by atoms with van der Waals surface area (Å²) in [6, 6.07) is -0.163. The molecule has 1 aliphatic rings. The lowest BCUT2D eigenvalue weighted by molar-refractivity contribution is -0.142. The lowest BCUT2D eigenvalue weighted by Gasteiger charge is -2.25. The SMILES string of the molecule is COCCN(CCC(N)=S)C1CCOC1=O. The molecule has 0 aliphatic carbocycles. The summed E-state index contributed by atoms with van der Waals surface area (Å²) in [5, 5.41) is 0. The standard InChI is InChI=1S/C10H18N2O3S/c1-14-7-5-12(4-2-9(11)16)8-3-6-15-10(8)13/h8H,2-7H2,1H3,(H2,11,16). The summed E-state index contributed by atoms with van der Waals surface area (Å²) in [6.45, 7) is 2.46. The molecule has 0 saturated carbocycles. The van der Waals surface area contributed by atoms with Crippen molar-refractivity contribution in [3.05, 3.63) is 0 Å². The van der Waals surface area contributed by atoms with Gasteiger partial charge in [-0.25, -0.2) is 0 Å². The lowest BCUT2D eigenvalue weighted by Crippen LogP contribution is -2.42. The van der Waals surface area contributed by atoms with Crippen molar-refractivity contribution in [3.63, 3.8) is 0 Å². The average molecular weight is 246 g/mol. The Morgan fingerprint density at radius 2 is 2.44 bits per heavy atom. The minimum absolute atomic E-state index is 0.154. The van der Waals surface area contributed by atoms with Crippen LogP contribution in [-0.4, -0.2) is 55.3 Å². The molecule has 0 spiro atoms. The van der Waals surface area contributed by atoms with Crippen molar-refractivity contribution in [2.24, 2.45) is 5.73 Å². The van der Waals surface area contributed by atoms with E-state index in [1.54, 1.807) is 7.11 Å². The van der Waals surface area contributed by atoms with Gasteiger partial charge in [0.05, 0.1) is 18.2 Å². The van der Waals surface area contributed by atoms with E-state index in [0.29, 0.717) is 37.7 Å². The Kier molecular flexibility index (Phi) is 5.65. The number of carbonyl (C=O) groups is 1. The maximum Gasteiger partial charge on any atom is 0.323 e. The van der Waals surface area contributed by atoms with Crippen molar-refractivity contribution < 1.29 is 14.3 Å². The zero-order chi connectivity index (χ0) is 12.0. The predicted molar refractivity (Wildman–Crippen MR) is 64.2 cm³/mol. The molecule has 16 heavy (non-hydrogen) atoms. The summed E-state index contributed by atoms with van der Waals surface area (Å²) in [6.07, 6.45) is 1.35. The Labute approximate surface area is 101 Å². The van der Waals surface area contributed by atoms with Crippen LogP contribution >= 0.6 is 12.2 Å².